The van der Waals surface area contributed by atoms with Crippen LogP contribution in [0.2, 0.25) is 0 Å². The van der Waals surface area contributed by atoms with Crippen LogP contribution in [-0.4, -0.2) is 25.4 Å². The molecule has 2 aromatic rings. The summed E-state index contributed by atoms with van der Waals surface area (Å²) in [6, 6.07) is 7.71. The zero-order valence-electron chi connectivity index (χ0n) is 12.6. The number of nitrogens with one attached hydrogen (secondary N) is 1. The van der Waals surface area contributed by atoms with E-state index in [-0.39, 0.29) is 11.8 Å². The van der Waals surface area contributed by atoms with Crippen LogP contribution in [0.1, 0.15) is 18.2 Å². The number of ether oxygens (including phenoxy) is 2. The Kier molecular flexibility index (Phi) is 5.11. The fourth-order valence-electron chi connectivity index (χ4n) is 2.14. The zero-order valence-corrected chi connectivity index (χ0v) is 12.6. The standard InChI is InChI=1S/C16H21NO4/c1-11(7-13-5-4-6-21-13)17-10-12-8-14(19-2)16(18)15(9-12)20-3/h4-6,8-9,11,17-18H,7,10H2,1-3H3. The molecule has 0 aliphatic rings. The number of phenols is 1. The van der Waals surface area contributed by atoms with Gasteiger partial charge in [-0.25, -0.2) is 0 Å². The summed E-state index contributed by atoms with van der Waals surface area (Å²) in [6.07, 6.45) is 2.50. The molecule has 0 saturated heterocycles. The van der Waals surface area contributed by atoms with Crippen LogP contribution in [-0.2, 0) is 13.0 Å². The van der Waals surface area contributed by atoms with Crippen LogP contribution in [0, 0.1) is 0 Å². The molecule has 5 nitrogen and oxygen atoms in total. The lowest BCUT2D eigenvalue weighted by molar-refractivity contribution is 0.338. The van der Waals surface area contributed by atoms with E-state index in [4.69, 9.17) is 13.9 Å². The second-order valence-electron chi connectivity index (χ2n) is 4.91. The van der Waals surface area contributed by atoms with Crippen LogP contribution in [0.5, 0.6) is 17.2 Å². The second-order valence-corrected chi connectivity index (χ2v) is 4.91. The van der Waals surface area contributed by atoms with Crippen molar-refractivity contribution in [3.63, 3.8) is 0 Å². The maximum Gasteiger partial charge on any atom is 0.200 e. The predicted octanol–water partition coefficient (Wildman–Crippen LogP) is 2.72. The smallest absolute Gasteiger partial charge is 0.200 e. The van der Waals surface area contributed by atoms with Gasteiger partial charge < -0.3 is 24.3 Å². The number of hydrogen-bond acceptors (Lipinski definition) is 5. The van der Waals surface area contributed by atoms with E-state index in [1.807, 2.05) is 12.1 Å². The Morgan fingerprint density at radius 1 is 1.24 bits per heavy atom. The number of rotatable bonds is 7. The SMILES string of the molecule is COc1cc(CNC(C)Cc2ccco2)cc(OC)c1O. The Balaban J connectivity index is 1.99. The molecule has 0 radical (unpaired) electrons. The van der Waals surface area contributed by atoms with Crippen LogP contribution in [0.25, 0.3) is 0 Å². The molecule has 0 saturated carbocycles. The van der Waals surface area contributed by atoms with Gasteiger partial charge in [0, 0.05) is 19.0 Å². The number of aromatic hydroxyl groups is 1. The average molecular weight is 291 g/mol. The third-order valence-corrected chi connectivity index (χ3v) is 3.28. The normalized spacial score (nSPS) is 12.1. The lowest BCUT2D eigenvalue weighted by atomic mass is 10.1. The van der Waals surface area contributed by atoms with Crippen LogP contribution in [0.3, 0.4) is 0 Å². The second kappa shape index (κ2) is 7.04. The van der Waals surface area contributed by atoms with Gasteiger partial charge in [-0.3, -0.25) is 0 Å². The van der Waals surface area contributed by atoms with Crippen LogP contribution in [0.4, 0.5) is 0 Å². The molecule has 114 valence electrons. The molecule has 0 aliphatic heterocycles. The number of phenolic OH excluding ortho intramolecular Hbond substituents is 1. The van der Waals surface area contributed by atoms with Gasteiger partial charge in [0.2, 0.25) is 5.75 Å². The monoisotopic (exact) mass is 291 g/mol. The largest absolute Gasteiger partial charge is 0.502 e. The van der Waals surface area contributed by atoms with Gasteiger partial charge in [0.1, 0.15) is 5.76 Å². The lowest BCUT2D eigenvalue weighted by Crippen LogP contribution is -2.27. The Hall–Kier alpha value is -2.14. The minimum atomic E-state index is 0.0207. The number of furan rings is 1. The molecule has 1 atom stereocenters. The van der Waals surface area contributed by atoms with Crippen molar-refractivity contribution in [2.75, 3.05) is 14.2 Å². The minimum Gasteiger partial charge on any atom is -0.502 e. The molecule has 1 unspecified atom stereocenters. The average Bonchev–Trinajstić information content (AvgIpc) is 2.99. The first-order valence-corrected chi connectivity index (χ1v) is 6.83. The third kappa shape index (κ3) is 3.92. The molecule has 1 heterocycles. The van der Waals surface area contributed by atoms with Crippen LogP contribution >= 0.6 is 0 Å². The van der Waals surface area contributed by atoms with E-state index in [9.17, 15) is 5.11 Å². The van der Waals surface area contributed by atoms with Crippen molar-refractivity contribution < 1.29 is 19.0 Å². The molecule has 2 N–H and O–H groups in total. The highest BCUT2D eigenvalue weighted by atomic mass is 16.5. The van der Waals surface area contributed by atoms with E-state index >= 15 is 0 Å². The van der Waals surface area contributed by atoms with E-state index in [1.165, 1.54) is 14.2 Å². The molecule has 5 heteroatoms. The van der Waals surface area contributed by atoms with Crippen molar-refractivity contribution in [2.45, 2.75) is 25.9 Å². The molecule has 0 fully saturated rings. The van der Waals surface area contributed by atoms with Crippen molar-refractivity contribution in [3.05, 3.63) is 41.9 Å². The van der Waals surface area contributed by atoms with Crippen molar-refractivity contribution >= 4 is 0 Å². The lowest BCUT2D eigenvalue weighted by Gasteiger charge is -2.15. The molecule has 2 rings (SSSR count). The van der Waals surface area contributed by atoms with E-state index < -0.39 is 0 Å². The summed E-state index contributed by atoms with van der Waals surface area (Å²) in [5.41, 5.74) is 0.979. The summed E-state index contributed by atoms with van der Waals surface area (Å²) >= 11 is 0. The minimum absolute atomic E-state index is 0.0207. The summed E-state index contributed by atoms with van der Waals surface area (Å²) in [5, 5.41) is 13.3. The Morgan fingerprint density at radius 3 is 2.43 bits per heavy atom. The molecule has 0 amide bonds. The quantitative estimate of drug-likeness (QED) is 0.821. The van der Waals surface area contributed by atoms with Gasteiger partial charge in [-0.15, -0.1) is 0 Å². The maximum absolute atomic E-state index is 9.88. The summed E-state index contributed by atoms with van der Waals surface area (Å²) < 4.78 is 15.6. The first-order valence-electron chi connectivity index (χ1n) is 6.83. The molecule has 1 aromatic carbocycles. The first kappa shape index (κ1) is 15.3. The number of methoxy groups -OCH3 is 2. The van der Waals surface area contributed by atoms with E-state index in [0.29, 0.717) is 18.0 Å². The van der Waals surface area contributed by atoms with Gasteiger partial charge in [0.05, 0.1) is 20.5 Å². The Morgan fingerprint density at radius 2 is 1.90 bits per heavy atom. The van der Waals surface area contributed by atoms with Gasteiger partial charge in [-0.2, -0.15) is 0 Å². The maximum atomic E-state index is 9.88. The summed E-state index contributed by atoms with van der Waals surface area (Å²) in [4.78, 5) is 0. The van der Waals surface area contributed by atoms with Crippen LogP contribution in [0.15, 0.2) is 34.9 Å². The molecule has 21 heavy (non-hydrogen) atoms. The van der Waals surface area contributed by atoms with Gasteiger partial charge >= 0.3 is 0 Å². The molecule has 0 spiro atoms. The van der Waals surface area contributed by atoms with E-state index in [1.54, 1.807) is 18.4 Å². The number of hydrogen-bond donors (Lipinski definition) is 2. The van der Waals surface area contributed by atoms with Gasteiger partial charge in [-0.1, -0.05) is 0 Å². The molecule has 0 aliphatic carbocycles. The first-order chi connectivity index (χ1) is 10.1. The summed E-state index contributed by atoms with van der Waals surface area (Å²) in [6.45, 7) is 2.74. The number of benzene rings is 1. The summed E-state index contributed by atoms with van der Waals surface area (Å²) in [5.74, 6) is 1.79. The van der Waals surface area contributed by atoms with Crippen molar-refractivity contribution in [1.82, 2.24) is 5.32 Å². The van der Waals surface area contributed by atoms with E-state index in [0.717, 1.165) is 17.7 Å². The molecule has 0 bridgehead atoms. The highest BCUT2D eigenvalue weighted by Crippen LogP contribution is 2.37. The molecular weight excluding hydrogens is 270 g/mol. The van der Waals surface area contributed by atoms with Crippen molar-refractivity contribution in [2.24, 2.45) is 0 Å². The van der Waals surface area contributed by atoms with Crippen LogP contribution < -0.4 is 14.8 Å². The molecule has 1 aromatic heterocycles. The fourth-order valence-corrected chi connectivity index (χ4v) is 2.14. The van der Waals surface area contributed by atoms with Gasteiger partial charge in [0.25, 0.3) is 0 Å². The zero-order chi connectivity index (χ0) is 15.2. The Bertz CT molecular complexity index is 541. The highest BCUT2D eigenvalue weighted by Gasteiger charge is 2.12. The summed E-state index contributed by atoms with van der Waals surface area (Å²) in [7, 11) is 3.04. The van der Waals surface area contributed by atoms with Crippen molar-refractivity contribution in [3.8, 4) is 17.2 Å². The topological polar surface area (TPSA) is 63.9 Å². The fraction of sp³-hybridized carbons (Fsp3) is 0.375. The molecular formula is C16H21NO4. The van der Waals surface area contributed by atoms with Crippen molar-refractivity contribution in [1.29, 1.82) is 0 Å². The predicted molar refractivity (Wildman–Crippen MR) is 79.9 cm³/mol. The Labute approximate surface area is 124 Å². The van der Waals surface area contributed by atoms with E-state index in [2.05, 4.69) is 12.2 Å². The highest BCUT2D eigenvalue weighted by molar-refractivity contribution is 5.52. The van der Waals surface area contributed by atoms with Gasteiger partial charge in [-0.05, 0) is 36.8 Å². The third-order valence-electron chi connectivity index (χ3n) is 3.28. The van der Waals surface area contributed by atoms with Gasteiger partial charge in [0.15, 0.2) is 11.5 Å².